The number of rotatable bonds is 5. The Morgan fingerprint density at radius 1 is 1.00 bits per heavy atom. The molecule has 3 nitrogen and oxygen atoms in total. The maximum atomic E-state index is 13.4. The number of halogens is 2. The van der Waals surface area contributed by atoms with Gasteiger partial charge in [-0.15, -0.1) is 0 Å². The lowest BCUT2D eigenvalue weighted by molar-refractivity contribution is -0.0909. The standard InChI is InChI=1S/C22H22F2N2O/c23-18-5-3-17(4-6-18)21(15-25)9-11-22(12-10-21,27-14-16-1-2-16)20-8-7-19(24)13-26-20/h3-8,13,16H,1-2,9-12,14H2/t21-,22-. The normalized spacial score (nSPS) is 27.9. The van der Waals surface area contributed by atoms with Crippen molar-refractivity contribution in [3.8, 4) is 6.07 Å². The highest BCUT2D eigenvalue weighted by atomic mass is 19.1. The van der Waals surface area contributed by atoms with Crippen molar-refractivity contribution in [2.45, 2.75) is 49.5 Å². The lowest BCUT2D eigenvalue weighted by atomic mass is 9.65. The quantitative estimate of drug-likeness (QED) is 0.745. The van der Waals surface area contributed by atoms with Gasteiger partial charge in [0, 0.05) is 0 Å². The molecule has 0 unspecified atom stereocenters. The summed E-state index contributed by atoms with van der Waals surface area (Å²) < 4.78 is 33.0. The Labute approximate surface area is 158 Å². The second-order valence-corrected chi connectivity index (χ2v) is 7.81. The highest BCUT2D eigenvalue weighted by molar-refractivity contribution is 5.34. The minimum atomic E-state index is -0.653. The number of nitrogens with zero attached hydrogens (tertiary/aromatic N) is 2. The van der Waals surface area contributed by atoms with Crippen molar-refractivity contribution >= 4 is 0 Å². The number of nitriles is 1. The van der Waals surface area contributed by atoms with Gasteiger partial charge in [-0.1, -0.05) is 12.1 Å². The summed E-state index contributed by atoms with van der Waals surface area (Å²) in [6, 6.07) is 11.8. The van der Waals surface area contributed by atoms with Gasteiger partial charge in [0.2, 0.25) is 0 Å². The maximum absolute atomic E-state index is 13.4. The van der Waals surface area contributed by atoms with E-state index in [-0.39, 0.29) is 11.6 Å². The Kier molecular flexibility index (Phi) is 4.69. The first kappa shape index (κ1) is 18.1. The lowest BCUT2D eigenvalue weighted by Crippen LogP contribution is -2.41. The van der Waals surface area contributed by atoms with Crippen LogP contribution in [0.3, 0.4) is 0 Å². The van der Waals surface area contributed by atoms with Gasteiger partial charge in [0.05, 0.1) is 30.0 Å². The number of hydrogen-bond acceptors (Lipinski definition) is 3. The average Bonchev–Trinajstić information content (AvgIpc) is 3.53. The van der Waals surface area contributed by atoms with E-state index in [1.165, 1.54) is 37.2 Å². The predicted octanol–water partition coefficient (Wildman–Crippen LogP) is 5.02. The summed E-state index contributed by atoms with van der Waals surface area (Å²) in [4.78, 5) is 4.30. The Hall–Kier alpha value is -2.32. The van der Waals surface area contributed by atoms with Gasteiger partial charge >= 0.3 is 0 Å². The molecule has 2 aliphatic carbocycles. The minimum Gasteiger partial charge on any atom is -0.368 e. The zero-order valence-electron chi connectivity index (χ0n) is 15.1. The van der Waals surface area contributed by atoms with Crippen molar-refractivity contribution in [2.24, 2.45) is 5.92 Å². The van der Waals surface area contributed by atoms with Gasteiger partial charge in [0.25, 0.3) is 0 Å². The van der Waals surface area contributed by atoms with Crippen LogP contribution < -0.4 is 0 Å². The molecule has 0 spiro atoms. The fraction of sp³-hybridized carbons (Fsp3) is 0.455. The SMILES string of the molecule is N#C[C@]1(c2ccc(F)cc2)CC[C@@](OCC2CC2)(c2ccc(F)cn2)CC1. The lowest BCUT2D eigenvalue weighted by Gasteiger charge is -2.43. The highest BCUT2D eigenvalue weighted by Crippen LogP contribution is 2.49. The number of pyridine rings is 1. The topological polar surface area (TPSA) is 45.9 Å². The van der Waals surface area contributed by atoms with Crippen LogP contribution in [0.5, 0.6) is 0 Å². The monoisotopic (exact) mass is 368 g/mol. The molecule has 2 saturated carbocycles. The van der Waals surface area contributed by atoms with Crippen LogP contribution in [0.1, 0.15) is 49.8 Å². The van der Waals surface area contributed by atoms with E-state index < -0.39 is 11.0 Å². The van der Waals surface area contributed by atoms with E-state index in [9.17, 15) is 14.0 Å². The van der Waals surface area contributed by atoms with Crippen molar-refractivity contribution in [1.29, 1.82) is 5.26 Å². The van der Waals surface area contributed by atoms with Crippen molar-refractivity contribution in [3.05, 3.63) is 65.5 Å². The van der Waals surface area contributed by atoms with Crippen LogP contribution in [-0.2, 0) is 15.8 Å². The second kappa shape index (κ2) is 7.01. The molecule has 2 fully saturated rings. The molecule has 0 saturated heterocycles. The Balaban J connectivity index is 1.60. The van der Waals surface area contributed by atoms with E-state index in [1.54, 1.807) is 18.2 Å². The third kappa shape index (κ3) is 3.59. The number of benzene rings is 1. The van der Waals surface area contributed by atoms with Crippen LogP contribution in [0.15, 0.2) is 42.6 Å². The van der Waals surface area contributed by atoms with E-state index in [0.29, 0.717) is 38.2 Å². The number of aromatic nitrogens is 1. The molecule has 0 aliphatic heterocycles. The highest BCUT2D eigenvalue weighted by Gasteiger charge is 2.47. The van der Waals surface area contributed by atoms with Crippen LogP contribution in [-0.4, -0.2) is 11.6 Å². The van der Waals surface area contributed by atoms with Gasteiger partial charge in [-0.25, -0.2) is 8.78 Å². The Bertz CT molecular complexity index is 830. The molecule has 2 aliphatic rings. The van der Waals surface area contributed by atoms with Gasteiger partial charge in [-0.3, -0.25) is 4.98 Å². The van der Waals surface area contributed by atoms with Gasteiger partial charge in [-0.2, -0.15) is 5.26 Å². The van der Waals surface area contributed by atoms with Crippen molar-refractivity contribution in [2.75, 3.05) is 6.61 Å². The zero-order chi connectivity index (χ0) is 18.9. The largest absolute Gasteiger partial charge is 0.368 e. The summed E-state index contributed by atoms with van der Waals surface area (Å²) in [6.45, 7) is 0.676. The fourth-order valence-electron chi connectivity index (χ4n) is 4.00. The molecule has 1 heterocycles. The summed E-state index contributed by atoms with van der Waals surface area (Å²) in [7, 11) is 0. The molecule has 2 aromatic rings. The summed E-state index contributed by atoms with van der Waals surface area (Å²) >= 11 is 0. The van der Waals surface area contributed by atoms with E-state index in [2.05, 4.69) is 11.1 Å². The Morgan fingerprint density at radius 2 is 1.67 bits per heavy atom. The van der Waals surface area contributed by atoms with Crippen molar-refractivity contribution < 1.29 is 13.5 Å². The molecule has 1 aromatic heterocycles. The molecule has 0 atom stereocenters. The third-order valence-electron chi connectivity index (χ3n) is 6.01. The van der Waals surface area contributed by atoms with Crippen molar-refractivity contribution in [3.63, 3.8) is 0 Å². The van der Waals surface area contributed by atoms with Crippen molar-refractivity contribution in [1.82, 2.24) is 4.98 Å². The summed E-state index contributed by atoms with van der Waals surface area (Å²) in [5.74, 6) is -0.0769. The minimum absolute atomic E-state index is 0.305. The van der Waals surface area contributed by atoms with Crippen LogP contribution in [0.4, 0.5) is 8.78 Å². The molecule has 5 heteroatoms. The molecule has 0 radical (unpaired) electrons. The van der Waals surface area contributed by atoms with E-state index in [0.717, 1.165) is 11.3 Å². The molecule has 0 amide bonds. The molecule has 140 valence electrons. The van der Waals surface area contributed by atoms with E-state index in [1.807, 2.05) is 0 Å². The molecular weight excluding hydrogens is 346 g/mol. The molecule has 27 heavy (non-hydrogen) atoms. The maximum Gasteiger partial charge on any atom is 0.141 e. The van der Waals surface area contributed by atoms with Gasteiger partial charge in [0.1, 0.15) is 17.2 Å². The van der Waals surface area contributed by atoms with Gasteiger partial charge < -0.3 is 4.74 Å². The second-order valence-electron chi connectivity index (χ2n) is 7.81. The Morgan fingerprint density at radius 3 is 2.22 bits per heavy atom. The summed E-state index contributed by atoms with van der Waals surface area (Å²) in [6.07, 6.45) is 6.04. The first-order chi connectivity index (χ1) is 13.1. The third-order valence-corrected chi connectivity index (χ3v) is 6.01. The molecule has 1 aromatic carbocycles. The average molecular weight is 368 g/mol. The summed E-state index contributed by atoms with van der Waals surface area (Å²) in [5.41, 5.74) is 0.334. The van der Waals surface area contributed by atoms with Crippen LogP contribution in [0.25, 0.3) is 0 Å². The van der Waals surface area contributed by atoms with Crippen LogP contribution in [0, 0.1) is 28.9 Å². The fourth-order valence-corrected chi connectivity index (χ4v) is 4.00. The van der Waals surface area contributed by atoms with Gasteiger partial charge in [0.15, 0.2) is 0 Å². The molecular formula is C22H22F2N2O. The number of hydrogen-bond donors (Lipinski definition) is 0. The molecule has 0 bridgehead atoms. The van der Waals surface area contributed by atoms with E-state index >= 15 is 0 Å². The molecule has 0 N–H and O–H groups in total. The van der Waals surface area contributed by atoms with Crippen LogP contribution in [0.2, 0.25) is 0 Å². The van der Waals surface area contributed by atoms with E-state index in [4.69, 9.17) is 4.74 Å². The summed E-state index contributed by atoms with van der Waals surface area (Å²) in [5, 5.41) is 9.92. The predicted molar refractivity (Wildman–Crippen MR) is 96.7 cm³/mol. The van der Waals surface area contributed by atoms with Gasteiger partial charge in [-0.05, 0) is 74.3 Å². The zero-order valence-corrected chi connectivity index (χ0v) is 15.1. The number of ether oxygens (including phenoxy) is 1. The molecule has 4 rings (SSSR count). The first-order valence-electron chi connectivity index (χ1n) is 9.49. The van der Waals surface area contributed by atoms with Crippen LogP contribution >= 0.6 is 0 Å². The smallest absolute Gasteiger partial charge is 0.141 e. The first-order valence-corrected chi connectivity index (χ1v) is 9.49.